The molecule has 1 aromatic heterocycles. The van der Waals surface area contributed by atoms with Gasteiger partial charge in [-0.15, -0.1) is 24.0 Å². The molecule has 0 bridgehead atoms. The molecule has 1 amide bonds. The number of halogens is 1. The fourth-order valence-corrected chi connectivity index (χ4v) is 4.23. The van der Waals surface area contributed by atoms with Crippen LogP contribution in [0.5, 0.6) is 0 Å². The summed E-state index contributed by atoms with van der Waals surface area (Å²) in [6, 6.07) is 3.99. The summed E-state index contributed by atoms with van der Waals surface area (Å²) in [6.45, 7) is 3.67. The highest BCUT2D eigenvalue weighted by Gasteiger charge is 2.28. The third kappa shape index (κ3) is 6.44. The summed E-state index contributed by atoms with van der Waals surface area (Å²) in [5.41, 5.74) is 6.54. The summed E-state index contributed by atoms with van der Waals surface area (Å²) in [5, 5.41) is 3.44. The Labute approximate surface area is 200 Å². The van der Waals surface area contributed by atoms with Gasteiger partial charge in [0.2, 0.25) is 5.91 Å². The molecule has 31 heavy (non-hydrogen) atoms. The number of hydrogen-bond donors (Lipinski definition) is 2. The predicted octanol–water partition coefficient (Wildman–Crippen LogP) is 1.36. The normalized spacial score (nSPS) is 18.3. The molecule has 0 spiro atoms. The molecule has 2 aliphatic rings. The van der Waals surface area contributed by atoms with E-state index in [1.807, 2.05) is 6.07 Å². The first-order valence-corrected chi connectivity index (χ1v) is 10.5. The summed E-state index contributed by atoms with van der Waals surface area (Å²) in [5.74, 6) is 1.35. The van der Waals surface area contributed by atoms with Crippen molar-refractivity contribution in [1.82, 2.24) is 15.2 Å². The molecule has 10 heteroatoms. The Morgan fingerprint density at radius 3 is 2.42 bits per heavy atom. The summed E-state index contributed by atoms with van der Waals surface area (Å²) in [7, 11) is 3.21. The van der Waals surface area contributed by atoms with Gasteiger partial charge >= 0.3 is 5.97 Å². The van der Waals surface area contributed by atoms with E-state index in [0.29, 0.717) is 6.54 Å². The van der Waals surface area contributed by atoms with Crippen molar-refractivity contribution in [3.05, 3.63) is 23.9 Å². The second kappa shape index (κ2) is 12.1. The molecule has 9 nitrogen and oxygen atoms in total. The Kier molecular flexibility index (Phi) is 9.79. The molecule has 1 aromatic rings. The number of hydrogen-bond acceptors (Lipinski definition) is 6. The Morgan fingerprint density at radius 1 is 1.19 bits per heavy atom. The molecule has 2 fully saturated rings. The average Bonchev–Trinajstić information content (AvgIpc) is 2.79. The highest BCUT2D eigenvalue weighted by molar-refractivity contribution is 14.0. The first-order valence-electron chi connectivity index (χ1n) is 10.5. The number of carbonyl (C=O) groups excluding carboxylic acids is 2. The Bertz CT molecular complexity index is 774. The van der Waals surface area contributed by atoms with E-state index in [2.05, 4.69) is 31.2 Å². The molecule has 2 aliphatic heterocycles. The number of guanidine groups is 1. The van der Waals surface area contributed by atoms with E-state index in [9.17, 15) is 9.59 Å². The topological polar surface area (TPSA) is 113 Å². The number of pyridine rings is 1. The minimum absolute atomic E-state index is 0. The van der Waals surface area contributed by atoms with Crippen molar-refractivity contribution in [2.45, 2.75) is 32.2 Å². The number of rotatable bonds is 5. The third-order valence-corrected chi connectivity index (χ3v) is 6.04. The molecule has 3 rings (SSSR count). The standard InChI is InChI=1S/C21H32N6O3.HI/c1-23-21(27-12-7-16(8-13-27)20(29)30-2)25-14-17-4-3-9-24-19(17)26-10-5-15(6-11-26)18(22)28;/h3-4,9,15-16H,5-8,10-14H2,1-2H3,(H2,22,28)(H,23,25);1H. The minimum atomic E-state index is -0.211. The smallest absolute Gasteiger partial charge is 0.308 e. The number of esters is 1. The highest BCUT2D eigenvalue weighted by atomic mass is 127. The van der Waals surface area contributed by atoms with Crippen molar-refractivity contribution in [2.24, 2.45) is 22.6 Å². The van der Waals surface area contributed by atoms with Crippen LogP contribution in [0.25, 0.3) is 0 Å². The van der Waals surface area contributed by atoms with Gasteiger partial charge in [0, 0.05) is 57.4 Å². The lowest BCUT2D eigenvalue weighted by Gasteiger charge is -2.34. The van der Waals surface area contributed by atoms with Gasteiger partial charge in [-0.25, -0.2) is 4.98 Å². The van der Waals surface area contributed by atoms with Crippen LogP contribution in [0.3, 0.4) is 0 Å². The number of nitrogens with one attached hydrogen (secondary N) is 1. The number of primary amides is 1. The monoisotopic (exact) mass is 544 g/mol. The van der Waals surface area contributed by atoms with Gasteiger partial charge in [-0.05, 0) is 31.7 Å². The van der Waals surface area contributed by atoms with Gasteiger partial charge in [-0.2, -0.15) is 0 Å². The number of likely N-dealkylation sites (tertiary alicyclic amines) is 1. The van der Waals surface area contributed by atoms with Gasteiger partial charge in [0.15, 0.2) is 5.96 Å². The molecule has 0 aliphatic carbocycles. The lowest BCUT2D eigenvalue weighted by molar-refractivity contribution is -0.146. The molecule has 0 radical (unpaired) electrons. The molecule has 3 heterocycles. The number of anilines is 1. The molecule has 172 valence electrons. The minimum Gasteiger partial charge on any atom is -0.469 e. The van der Waals surface area contributed by atoms with E-state index >= 15 is 0 Å². The summed E-state index contributed by atoms with van der Waals surface area (Å²) >= 11 is 0. The van der Waals surface area contributed by atoms with Crippen LogP contribution in [0.4, 0.5) is 5.82 Å². The van der Waals surface area contributed by atoms with Crippen LogP contribution in [0.15, 0.2) is 23.3 Å². The van der Waals surface area contributed by atoms with Gasteiger partial charge in [0.05, 0.1) is 13.0 Å². The number of nitrogens with two attached hydrogens (primary N) is 1. The zero-order valence-electron chi connectivity index (χ0n) is 18.2. The fraction of sp³-hybridized carbons (Fsp3) is 0.619. The number of amides is 1. The van der Waals surface area contributed by atoms with Crippen molar-refractivity contribution < 1.29 is 14.3 Å². The quantitative estimate of drug-likeness (QED) is 0.249. The van der Waals surface area contributed by atoms with Crippen LogP contribution >= 0.6 is 24.0 Å². The van der Waals surface area contributed by atoms with Gasteiger partial charge in [-0.3, -0.25) is 14.6 Å². The lowest BCUT2D eigenvalue weighted by Crippen LogP contribution is -2.46. The first kappa shape index (κ1) is 25.2. The van der Waals surface area contributed by atoms with Gasteiger partial charge in [-0.1, -0.05) is 6.07 Å². The maximum Gasteiger partial charge on any atom is 0.308 e. The number of ether oxygens (including phenoxy) is 1. The van der Waals surface area contributed by atoms with Crippen LogP contribution in [-0.2, 0) is 20.9 Å². The van der Waals surface area contributed by atoms with E-state index in [4.69, 9.17) is 10.5 Å². The van der Waals surface area contributed by atoms with Crippen molar-refractivity contribution >= 4 is 47.6 Å². The molecule has 0 aromatic carbocycles. The molecule has 0 saturated carbocycles. The molecule has 2 saturated heterocycles. The van der Waals surface area contributed by atoms with E-state index in [0.717, 1.165) is 69.2 Å². The zero-order valence-corrected chi connectivity index (χ0v) is 20.6. The van der Waals surface area contributed by atoms with Crippen LogP contribution in [-0.4, -0.2) is 68.1 Å². The van der Waals surface area contributed by atoms with Gasteiger partial charge in [0.25, 0.3) is 0 Å². The SMILES string of the molecule is CN=C(NCc1cccnc1N1CCC(C(N)=O)CC1)N1CCC(C(=O)OC)CC1.I. The number of methoxy groups -OCH3 is 1. The van der Waals surface area contributed by atoms with Crippen molar-refractivity contribution in [2.75, 3.05) is 45.2 Å². The van der Waals surface area contributed by atoms with Crippen molar-refractivity contribution in [3.63, 3.8) is 0 Å². The molecule has 0 unspecified atom stereocenters. The Hall–Kier alpha value is -2.11. The molecule has 3 N–H and O–H groups in total. The maximum absolute atomic E-state index is 11.7. The second-order valence-electron chi connectivity index (χ2n) is 7.84. The summed E-state index contributed by atoms with van der Waals surface area (Å²) < 4.78 is 4.87. The number of aromatic nitrogens is 1. The number of nitrogens with zero attached hydrogens (tertiary/aromatic N) is 4. The zero-order chi connectivity index (χ0) is 21.5. The van der Waals surface area contributed by atoms with E-state index in [-0.39, 0.29) is 47.7 Å². The predicted molar refractivity (Wildman–Crippen MR) is 130 cm³/mol. The lowest BCUT2D eigenvalue weighted by atomic mass is 9.96. The summed E-state index contributed by atoms with van der Waals surface area (Å²) in [6.07, 6.45) is 4.84. The maximum atomic E-state index is 11.7. The third-order valence-electron chi connectivity index (χ3n) is 6.04. The molecule has 0 atom stereocenters. The van der Waals surface area contributed by atoms with Gasteiger partial charge in [0.1, 0.15) is 5.82 Å². The van der Waals surface area contributed by atoms with E-state index in [1.165, 1.54) is 7.11 Å². The Balaban J connectivity index is 0.00000341. The van der Waals surface area contributed by atoms with Crippen LogP contribution < -0.4 is 16.0 Å². The van der Waals surface area contributed by atoms with E-state index in [1.54, 1.807) is 13.2 Å². The van der Waals surface area contributed by atoms with Crippen LogP contribution in [0.1, 0.15) is 31.2 Å². The van der Waals surface area contributed by atoms with Crippen LogP contribution in [0, 0.1) is 11.8 Å². The van der Waals surface area contributed by atoms with Crippen molar-refractivity contribution in [3.8, 4) is 0 Å². The van der Waals surface area contributed by atoms with Crippen LogP contribution in [0.2, 0.25) is 0 Å². The van der Waals surface area contributed by atoms with Crippen molar-refractivity contribution in [1.29, 1.82) is 0 Å². The molecular weight excluding hydrogens is 511 g/mol. The Morgan fingerprint density at radius 2 is 1.84 bits per heavy atom. The second-order valence-corrected chi connectivity index (χ2v) is 7.84. The number of aliphatic imine (C=N–C) groups is 1. The number of piperidine rings is 2. The number of carbonyl (C=O) groups is 2. The van der Waals surface area contributed by atoms with E-state index < -0.39 is 0 Å². The molecular formula is C21H33IN6O3. The van der Waals surface area contributed by atoms with Gasteiger partial charge < -0.3 is 25.6 Å². The first-order chi connectivity index (χ1) is 14.5. The average molecular weight is 544 g/mol. The highest BCUT2D eigenvalue weighted by Crippen LogP contribution is 2.24. The fourth-order valence-electron chi connectivity index (χ4n) is 4.23. The largest absolute Gasteiger partial charge is 0.469 e. The summed E-state index contributed by atoms with van der Waals surface area (Å²) in [4.78, 5) is 36.6.